The van der Waals surface area contributed by atoms with Crippen LogP contribution in [-0.2, 0) is 14.3 Å². The van der Waals surface area contributed by atoms with Crippen molar-refractivity contribution in [3.8, 4) is 0 Å². The second kappa shape index (κ2) is 10.1. The van der Waals surface area contributed by atoms with Crippen LogP contribution in [0.5, 0.6) is 0 Å². The van der Waals surface area contributed by atoms with Crippen molar-refractivity contribution in [1.82, 2.24) is 4.90 Å². The lowest BCUT2D eigenvalue weighted by Crippen LogP contribution is -2.69. The van der Waals surface area contributed by atoms with Crippen molar-refractivity contribution in [2.45, 2.75) is 124 Å². The van der Waals surface area contributed by atoms with Crippen molar-refractivity contribution in [2.75, 3.05) is 19.6 Å². The van der Waals surface area contributed by atoms with Crippen LogP contribution in [0.4, 0.5) is 0 Å². The predicted octanol–water partition coefficient (Wildman–Crippen LogP) is 4.89. The van der Waals surface area contributed by atoms with E-state index in [1.165, 1.54) is 32.9 Å². The number of carbonyl (C=O) groups is 2. The summed E-state index contributed by atoms with van der Waals surface area (Å²) in [7, 11) is 0. The molecule has 6 fully saturated rings. The number of ketones is 2. The van der Waals surface area contributed by atoms with Crippen molar-refractivity contribution in [1.29, 1.82) is 0 Å². The topological polar surface area (TPSA) is 87.1 Å². The summed E-state index contributed by atoms with van der Waals surface area (Å²) < 4.78 is 6.82. The number of Topliss-reactive ketones (excluding diaryl/α,β-unsaturated/α-hetero) is 2. The predicted molar refractivity (Wildman–Crippen MR) is 154 cm³/mol. The van der Waals surface area contributed by atoms with Crippen LogP contribution in [0.15, 0.2) is 0 Å². The molecule has 40 heavy (non-hydrogen) atoms. The molecule has 0 amide bonds. The molecule has 226 valence electrons. The van der Waals surface area contributed by atoms with E-state index in [9.17, 15) is 19.8 Å². The van der Waals surface area contributed by atoms with Gasteiger partial charge in [-0.05, 0) is 124 Å². The minimum atomic E-state index is -0.908. The number of fused-ring (bicyclic) bond motifs is 3. The Labute approximate surface area is 242 Å². The van der Waals surface area contributed by atoms with E-state index in [2.05, 4.69) is 39.5 Å². The van der Waals surface area contributed by atoms with Crippen LogP contribution in [0, 0.1) is 57.7 Å². The number of ether oxygens (including phenoxy) is 1. The van der Waals surface area contributed by atoms with Crippen molar-refractivity contribution in [3.63, 3.8) is 0 Å². The number of nitrogens with zero attached hydrogens (tertiary/aromatic N) is 1. The van der Waals surface area contributed by atoms with Crippen LogP contribution < -0.4 is 0 Å². The molecule has 11 unspecified atom stereocenters. The summed E-state index contributed by atoms with van der Waals surface area (Å²) in [5, 5.41) is 22.6. The molecule has 6 heteroatoms. The normalized spacial score (nSPS) is 55.0. The van der Waals surface area contributed by atoms with Gasteiger partial charge in [-0.3, -0.25) is 9.59 Å². The summed E-state index contributed by atoms with van der Waals surface area (Å²) in [5.74, 6) is 0.623. The highest BCUT2D eigenvalue weighted by Crippen LogP contribution is 2.72. The monoisotopic (exact) mass is 557 g/mol. The van der Waals surface area contributed by atoms with Gasteiger partial charge in [-0.1, -0.05) is 34.6 Å². The SMILES string of the molecule is CC(=O)C1C(=O)[C@@]2(C)C(C)C3C(C)C4C(O)CCC(C5CCC(CN6CCCC6)O5)C4C[C@@]3(C)C[C@@]2(C)CC1O. The number of rotatable bonds is 4. The molecule has 6 rings (SSSR count). The lowest BCUT2D eigenvalue weighted by Gasteiger charge is -2.70. The number of hydrogen-bond acceptors (Lipinski definition) is 6. The summed E-state index contributed by atoms with van der Waals surface area (Å²) in [5.41, 5.74) is -1.01. The van der Waals surface area contributed by atoms with Crippen molar-refractivity contribution in [2.24, 2.45) is 57.7 Å². The lowest BCUT2D eigenvalue weighted by atomic mass is 9.34. The van der Waals surface area contributed by atoms with Gasteiger partial charge in [0.25, 0.3) is 0 Å². The third kappa shape index (κ3) is 4.24. The van der Waals surface area contributed by atoms with Gasteiger partial charge in [-0.15, -0.1) is 0 Å². The highest BCUT2D eigenvalue weighted by Gasteiger charge is 2.70. The Kier molecular flexibility index (Phi) is 7.41. The van der Waals surface area contributed by atoms with Gasteiger partial charge in [0.05, 0.1) is 24.4 Å². The summed E-state index contributed by atoms with van der Waals surface area (Å²) in [6.07, 6.45) is 8.68. The van der Waals surface area contributed by atoms with Gasteiger partial charge in [0.1, 0.15) is 11.7 Å². The largest absolute Gasteiger partial charge is 0.393 e. The van der Waals surface area contributed by atoms with Crippen molar-refractivity contribution >= 4 is 11.6 Å². The van der Waals surface area contributed by atoms with E-state index >= 15 is 0 Å². The highest BCUT2D eigenvalue weighted by molar-refractivity contribution is 6.05. The molecule has 0 spiro atoms. The number of hydrogen-bond donors (Lipinski definition) is 2. The fraction of sp³-hybridized carbons (Fsp3) is 0.941. The lowest BCUT2D eigenvalue weighted by molar-refractivity contribution is -0.230. The second-order valence-electron chi connectivity index (χ2n) is 16.1. The zero-order chi connectivity index (χ0) is 28.8. The molecule has 2 aliphatic heterocycles. The van der Waals surface area contributed by atoms with Gasteiger partial charge in [0.15, 0.2) is 5.78 Å². The van der Waals surface area contributed by atoms with Gasteiger partial charge in [-0.25, -0.2) is 0 Å². The van der Waals surface area contributed by atoms with Gasteiger partial charge < -0.3 is 19.8 Å². The molecule has 0 aromatic heterocycles. The van der Waals surface area contributed by atoms with E-state index in [0.29, 0.717) is 30.3 Å². The van der Waals surface area contributed by atoms with Crippen LogP contribution in [0.3, 0.4) is 0 Å². The Morgan fingerprint density at radius 3 is 2.35 bits per heavy atom. The molecule has 2 saturated heterocycles. The molecule has 6 nitrogen and oxygen atoms in total. The fourth-order valence-electron chi connectivity index (χ4n) is 12.4. The number of likely N-dealkylation sites (tertiary alicyclic amines) is 1. The molecule has 0 aromatic rings. The number of aliphatic hydroxyl groups is 2. The van der Waals surface area contributed by atoms with Gasteiger partial charge in [-0.2, -0.15) is 0 Å². The van der Waals surface area contributed by atoms with E-state index in [4.69, 9.17) is 4.74 Å². The second-order valence-corrected chi connectivity index (χ2v) is 16.1. The van der Waals surface area contributed by atoms with Crippen molar-refractivity contribution < 1.29 is 24.5 Å². The van der Waals surface area contributed by atoms with Crippen LogP contribution >= 0.6 is 0 Å². The van der Waals surface area contributed by atoms with E-state index in [1.807, 2.05) is 0 Å². The van der Waals surface area contributed by atoms with E-state index < -0.39 is 17.4 Å². The molecule has 4 aliphatic carbocycles. The smallest absolute Gasteiger partial charge is 0.152 e. The number of carbonyl (C=O) groups excluding carboxylic acids is 2. The average Bonchev–Trinajstić information content (AvgIpc) is 3.54. The van der Waals surface area contributed by atoms with Gasteiger partial charge in [0, 0.05) is 12.0 Å². The quantitative estimate of drug-likeness (QED) is 0.479. The molecule has 2 heterocycles. The summed E-state index contributed by atoms with van der Waals surface area (Å²) >= 11 is 0. The first-order valence-corrected chi connectivity index (χ1v) is 16.6. The maximum atomic E-state index is 14.1. The molecule has 14 atom stereocenters. The maximum Gasteiger partial charge on any atom is 0.152 e. The maximum absolute atomic E-state index is 14.1. The van der Waals surface area contributed by atoms with Crippen LogP contribution in [0.1, 0.15) is 99.3 Å². The molecule has 0 radical (unpaired) electrons. The Bertz CT molecular complexity index is 1010. The van der Waals surface area contributed by atoms with Gasteiger partial charge in [0.2, 0.25) is 0 Å². The van der Waals surface area contributed by atoms with Crippen LogP contribution in [-0.4, -0.2) is 70.7 Å². The van der Waals surface area contributed by atoms with E-state index in [0.717, 1.165) is 45.1 Å². The third-order valence-corrected chi connectivity index (χ3v) is 14.0. The Hall–Kier alpha value is -0.820. The Morgan fingerprint density at radius 2 is 1.68 bits per heavy atom. The van der Waals surface area contributed by atoms with E-state index in [1.54, 1.807) is 0 Å². The minimum absolute atomic E-state index is 0.0141. The first-order chi connectivity index (χ1) is 18.8. The zero-order valence-corrected chi connectivity index (χ0v) is 25.9. The molecule has 2 N–H and O–H groups in total. The molecule has 4 saturated carbocycles. The van der Waals surface area contributed by atoms with Gasteiger partial charge >= 0.3 is 0 Å². The zero-order valence-electron chi connectivity index (χ0n) is 25.9. The van der Waals surface area contributed by atoms with Crippen LogP contribution in [0.2, 0.25) is 0 Å². The van der Waals surface area contributed by atoms with Crippen molar-refractivity contribution in [3.05, 3.63) is 0 Å². The minimum Gasteiger partial charge on any atom is -0.393 e. The molecule has 6 aliphatic rings. The summed E-state index contributed by atoms with van der Waals surface area (Å²) in [4.78, 5) is 29.2. The standard InChI is InChI=1S/C34H55NO5/c1-19-28-24(23(10-11-25(28)37)27-12-9-22(40-27)17-35-13-7-8-14-35)15-32(4)18-33(5)16-26(38)29(21(3)36)31(39)34(33,6)20(2)30(19)32/h19-20,22-30,37-38H,7-18H2,1-6H3/t19?,20?,22?,23?,24?,25?,26?,27?,28?,29?,30?,32-,33+,34+/m0/s1. The average molecular weight is 558 g/mol. The Balaban J connectivity index is 1.28. The summed E-state index contributed by atoms with van der Waals surface area (Å²) in [6.45, 7) is 16.3. The highest BCUT2D eigenvalue weighted by atomic mass is 16.5. The number of aliphatic hydroxyl groups excluding tert-OH is 2. The Morgan fingerprint density at radius 1 is 0.975 bits per heavy atom. The molecular formula is C34H55NO5. The van der Waals surface area contributed by atoms with Crippen LogP contribution in [0.25, 0.3) is 0 Å². The molecular weight excluding hydrogens is 502 g/mol. The fourth-order valence-corrected chi connectivity index (χ4v) is 12.4. The molecule has 0 aromatic carbocycles. The van der Waals surface area contributed by atoms with E-state index in [-0.39, 0.29) is 52.4 Å². The third-order valence-electron chi connectivity index (χ3n) is 14.0. The first-order valence-electron chi connectivity index (χ1n) is 16.6. The first kappa shape index (κ1) is 29.3. The molecule has 0 bridgehead atoms. The summed E-state index contributed by atoms with van der Waals surface area (Å²) in [6, 6.07) is 0.